The van der Waals surface area contributed by atoms with E-state index in [1.807, 2.05) is 23.1 Å². The number of carbonyl (C=O) groups excluding carboxylic acids is 1. The van der Waals surface area contributed by atoms with Gasteiger partial charge in [0.15, 0.2) is 11.5 Å². The molecule has 0 aliphatic carbocycles. The van der Waals surface area contributed by atoms with E-state index in [1.54, 1.807) is 14.2 Å². The molecule has 1 saturated heterocycles. The quantitative estimate of drug-likeness (QED) is 0.885. The number of carbonyl (C=O) groups is 1. The molecule has 2 aromatic carbocycles. The Morgan fingerprint density at radius 1 is 1.04 bits per heavy atom. The topological polar surface area (TPSA) is 54.0 Å². The predicted octanol–water partition coefficient (Wildman–Crippen LogP) is 3.05. The number of benzene rings is 2. The average Bonchev–Trinajstić information content (AvgIpc) is 3.21. The first kappa shape index (κ1) is 18.5. The molecular formula is C22H27N3O3. The number of rotatable bonds is 4. The minimum Gasteiger partial charge on any atom is -0.493 e. The van der Waals surface area contributed by atoms with Gasteiger partial charge in [-0.2, -0.15) is 0 Å². The van der Waals surface area contributed by atoms with Crippen molar-refractivity contribution in [3.05, 3.63) is 53.6 Å². The Labute approximate surface area is 166 Å². The van der Waals surface area contributed by atoms with Crippen LogP contribution in [0.4, 0.5) is 10.5 Å². The zero-order valence-corrected chi connectivity index (χ0v) is 16.5. The van der Waals surface area contributed by atoms with Gasteiger partial charge in [0.25, 0.3) is 0 Å². The van der Waals surface area contributed by atoms with Gasteiger partial charge in [0.1, 0.15) is 0 Å². The lowest BCUT2D eigenvalue weighted by molar-refractivity contribution is 0.189. The monoisotopic (exact) mass is 381 g/mol. The summed E-state index contributed by atoms with van der Waals surface area (Å²) >= 11 is 0. The third kappa shape index (κ3) is 3.72. The van der Waals surface area contributed by atoms with Crippen LogP contribution in [0.5, 0.6) is 11.5 Å². The molecule has 2 aliphatic heterocycles. The zero-order chi connectivity index (χ0) is 19.5. The van der Waals surface area contributed by atoms with Gasteiger partial charge in [-0.05, 0) is 48.2 Å². The number of amides is 2. The van der Waals surface area contributed by atoms with Crippen LogP contribution in [0.2, 0.25) is 0 Å². The summed E-state index contributed by atoms with van der Waals surface area (Å²) in [5.74, 6) is 1.45. The Balaban J connectivity index is 1.38. The number of nitrogens with one attached hydrogen (secondary N) is 1. The van der Waals surface area contributed by atoms with Crippen molar-refractivity contribution in [3.63, 3.8) is 0 Å². The highest BCUT2D eigenvalue weighted by molar-refractivity contribution is 5.75. The Morgan fingerprint density at radius 3 is 2.46 bits per heavy atom. The maximum atomic E-state index is 12.8. The summed E-state index contributed by atoms with van der Waals surface area (Å²) in [6.07, 6.45) is 1.79. The highest BCUT2D eigenvalue weighted by Crippen LogP contribution is 2.33. The first-order chi connectivity index (χ1) is 13.7. The number of para-hydroxylation sites is 1. The van der Waals surface area contributed by atoms with Gasteiger partial charge in [0.05, 0.1) is 14.2 Å². The molecule has 1 N–H and O–H groups in total. The number of hydrogen-bond donors (Lipinski definition) is 1. The van der Waals surface area contributed by atoms with Crippen molar-refractivity contribution in [1.82, 2.24) is 10.2 Å². The second-order valence-electron chi connectivity index (χ2n) is 7.36. The summed E-state index contributed by atoms with van der Waals surface area (Å²) in [6, 6.07) is 14.6. The van der Waals surface area contributed by atoms with Gasteiger partial charge in [0.2, 0.25) is 0 Å². The van der Waals surface area contributed by atoms with E-state index < -0.39 is 0 Å². The van der Waals surface area contributed by atoms with Crippen LogP contribution in [-0.2, 0) is 13.0 Å². The number of fused-ring (bicyclic) bond motifs is 1. The van der Waals surface area contributed by atoms with Crippen LogP contribution in [0.15, 0.2) is 42.5 Å². The molecule has 1 fully saturated rings. The van der Waals surface area contributed by atoms with Crippen molar-refractivity contribution in [2.45, 2.75) is 25.4 Å². The minimum absolute atomic E-state index is 0.0142. The van der Waals surface area contributed by atoms with E-state index in [4.69, 9.17) is 9.47 Å². The lowest BCUT2D eigenvalue weighted by Gasteiger charge is -2.30. The summed E-state index contributed by atoms with van der Waals surface area (Å²) in [5.41, 5.74) is 3.56. The molecule has 0 bridgehead atoms. The summed E-state index contributed by atoms with van der Waals surface area (Å²) in [6.45, 7) is 3.13. The standard InChI is InChI=1S/C22H27N3O3/c1-27-20-12-16-8-10-25(14-17(16)13-21(20)28-2)22(26)23-18-9-11-24(15-18)19-6-4-3-5-7-19/h3-7,12-13,18H,8-11,14-15H2,1-2H3,(H,23,26). The number of urea groups is 1. The molecule has 1 unspecified atom stereocenters. The van der Waals surface area contributed by atoms with E-state index in [1.165, 1.54) is 11.3 Å². The summed E-state index contributed by atoms with van der Waals surface area (Å²) in [5, 5.41) is 3.22. The Bertz CT molecular complexity index is 840. The second kappa shape index (κ2) is 8.00. The molecule has 0 aromatic heterocycles. The molecule has 6 nitrogen and oxygen atoms in total. The molecule has 2 heterocycles. The first-order valence-electron chi connectivity index (χ1n) is 9.77. The molecule has 0 saturated carbocycles. The van der Waals surface area contributed by atoms with E-state index in [9.17, 15) is 4.79 Å². The average molecular weight is 381 g/mol. The number of hydrogen-bond acceptors (Lipinski definition) is 4. The van der Waals surface area contributed by atoms with Gasteiger partial charge in [-0.1, -0.05) is 18.2 Å². The molecule has 6 heteroatoms. The molecule has 2 aromatic rings. The summed E-state index contributed by atoms with van der Waals surface area (Å²) < 4.78 is 10.8. The number of nitrogens with zero attached hydrogens (tertiary/aromatic N) is 2. The van der Waals surface area contributed by atoms with Crippen molar-refractivity contribution < 1.29 is 14.3 Å². The lowest BCUT2D eigenvalue weighted by atomic mass is 9.99. The second-order valence-corrected chi connectivity index (χ2v) is 7.36. The number of methoxy groups -OCH3 is 2. The number of anilines is 1. The largest absolute Gasteiger partial charge is 0.493 e. The third-order valence-corrected chi connectivity index (χ3v) is 5.64. The molecule has 2 amide bonds. The van der Waals surface area contributed by atoms with Crippen molar-refractivity contribution >= 4 is 11.7 Å². The molecular weight excluding hydrogens is 354 g/mol. The normalized spacial score (nSPS) is 18.6. The molecule has 4 rings (SSSR count). The van der Waals surface area contributed by atoms with Crippen LogP contribution in [0.1, 0.15) is 17.5 Å². The van der Waals surface area contributed by atoms with Crippen molar-refractivity contribution in [1.29, 1.82) is 0 Å². The Morgan fingerprint density at radius 2 is 1.75 bits per heavy atom. The van der Waals surface area contributed by atoms with Gasteiger partial charge in [-0.25, -0.2) is 4.79 Å². The van der Waals surface area contributed by atoms with Crippen molar-refractivity contribution in [3.8, 4) is 11.5 Å². The van der Waals surface area contributed by atoms with Crippen LogP contribution in [-0.4, -0.2) is 50.8 Å². The molecule has 0 radical (unpaired) electrons. The van der Waals surface area contributed by atoms with Gasteiger partial charge < -0.3 is 24.6 Å². The van der Waals surface area contributed by atoms with Crippen LogP contribution in [0.3, 0.4) is 0 Å². The SMILES string of the molecule is COc1cc2c(cc1OC)CN(C(=O)NC1CCN(c3ccccc3)C1)CC2. The zero-order valence-electron chi connectivity index (χ0n) is 16.5. The number of ether oxygens (including phenoxy) is 2. The van der Waals surface area contributed by atoms with Gasteiger partial charge >= 0.3 is 6.03 Å². The Kier molecular flexibility index (Phi) is 5.28. The summed E-state index contributed by atoms with van der Waals surface area (Å²) in [4.78, 5) is 17.0. The van der Waals surface area contributed by atoms with E-state index >= 15 is 0 Å². The smallest absolute Gasteiger partial charge is 0.317 e. The van der Waals surface area contributed by atoms with Crippen LogP contribution >= 0.6 is 0 Å². The van der Waals surface area contributed by atoms with E-state index in [2.05, 4.69) is 34.5 Å². The van der Waals surface area contributed by atoms with Crippen LogP contribution < -0.4 is 19.7 Å². The molecule has 1 atom stereocenters. The fraction of sp³-hybridized carbons (Fsp3) is 0.409. The van der Waals surface area contributed by atoms with Crippen molar-refractivity contribution in [2.24, 2.45) is 0 Å². The Hall–Kier alpha value is -2.89. The lowest BCUT2D eigenvalue weighted by Crippen LogP contribution is -2.47. The van der Waals surface area contributed by atoms with Crippen LogP contribution in [0.25, 0.3) is 0 Å². The van der Waals surface area contributed by atoms with Crippen LogP contribution in [0, 0.1) is 0 Å². The highest BCUT2D eigenvalue weighted by Gasteiger charge is 2.28. The molecule has 2 aliphatic rings. The molecule has 148 valence electrons. The van der Waals surface area contributed by atoms with Gasteiger partial charge in [-0.15, -0.1) is 0 Å². The maximum Gasteiger partial charge on any atom is 0.317 e. The first-order valence-corrected chi connectivity index (χ1v) is 9.77. The summed E-state index contributed by atoms with van der Waals surface area (Å²) in [7, 11) is 3.28. The van der Waals surface area contributed by atoms with Crippen molar-refractivity contribution in [2.75, 3.05) is 38.8 Å². The van der Waals surface area contributed by atoms with E-state index in [-0.39, 0.29) is 12.1 Å². The molecule has 0 spiro atoms. The fourth-order valence-electron chi connectivity index (χ4n) is 4.07. The molecule has 28 heavy (non-hydrogen) atoms. The van der Waals surface area contributed by atoms with E-state index in [0.29, 0.717) is 18.8 Å². The minimum atomic E-state index is 0.0142. The maximum absolute atomic E-state index is 12.8. The highest BCUT2D eigenvalue weighted by atomic mass is 16.5. The fourth-order valence-corrected chi connectivity index (χ4v) is 4.07. The van der Waals surface area contributed by atoms with E-state index in [0.717, 1.165) is 37.2 Å². The van der Waals surface area contributed by atoms with Gasteiger partial charge in [-0.3, -0.25) is 0 Å². The predicted molar refractivity (Wildman–Crippen MR) is 109 cm³/mol. The van der Waals surface area contributed by atoms with Gasteiger partial charge in [0, 0.05) is 37.9 Å². The third-order valence-electron chi connectivity index (χ3n) is 5.64.